The van der Waals surface area contributed by atoms with Crippen LogP contribution in [0.15, 0.2) is 48.5 Å². The Morgan fingerprint density at radius 1 is 1.24 bits per heavy atom. The Hall–Kier alpha value is -2.77. The molecular formula is C17H14ClN3O3S. The third kappa shape index (κ3) is 5.10. The molecule has 2 N–H and O–H groups in total. The molecule has 0 bridgehead atoms. The molecule has 0 radical (unpaired) electrons. The van der Waals surface area contributed by atoms with Crippen molar-refractivity contribution in [2.75, 3.05) is 5.32 Å². The monoisotopic (exact) mass is 375 g/mol. The minimum Gasteiger partial charge on any atom is -0.332 e. The fourth-order valence-corrected chi connectivity index (χ4v) is 2.45. The van der Waals surface area contributed by atoms with Gasteiger partial charge in [0.25, 0.3) is 5.69 Å². The zero-order chi connectivity index (χ0) is 18.4. The molecule has 0 aliphatic carbocycles. The number of carbonyl (C=O) groups is 1. The van der Waals surface area contributed by atoms with Crippen molar-refractivity contribution in [2.45, 2.75) is 6.92 Å². The van der Waals surface area contributed by atoms with Crippen LogP contribution in [0.5, 0.6) is 0 Å². The summed E-state index contributed by atoms with van der Waals surface area (Å²) in [5.74, 6) is -0.444. The number of nitrogens with zero attached hydrogens (tertiary/aromatic N) is 1. The van der Waals surface area contributed by atoms with Crippen LogP contribution in [-0.4, -0.2) is 15.9 Å². The number of nitrogens with one attached hydrogen (secondary N) is 2. The van der Waals surface area contributed by atoms with Crippen molar-refractivity contribution < 1.29 is 9.72 Å². The maximum absolute atomic E-state index is 11.9. The van der Waals surface area contributed by atoms with Gasteiger partial charge < -0.3 is 5.32 Å². The summed E-state index contributed by atoms with van der Waals surface area (Å²) in [6, 6.07) is 11.7. The minimum atomic E-state index is -0.478. The second-order valence-electron chi connectivity index (χ2n) is 5.01. The van der Waals surface area contributed by atoms with Crippen LogP contribution in [0.3, 0.4) is 0 Å². The topological polar surface area (TPSA) is 84.3 Å². The molecule has 0 saturated heterocycles. The summed E-state index contributed by atoms with van der Waals surface area (Å²) in [5, 5.41) is 16.8. The molecule has 2 aromatic carbocycles. The van der Waals surface area contributed by atoms with Crippen LogP contribution in [0, 0.1) is 17.0 Å². The average molecular weight is 376 g/mol. The summed E-state index contributed by atoms with van der Waals surface area (Å²) in [5.41, 5.74) is 1.55. The molecule has 0 saturated carbocycles. The van der Waals surface area contributed by atoms with Crippen molar-refractivity contribution in [3.63, 3.8) is 0 Å². The van der Waals surface area contributed by atoms with E-state index in [0.717, 1.165) is 0 Å². The maximum Gasteiger partial charge on any atom is 0.274 e. The van der Waals surface area contributed by atoms with Gasteiger partial charge in [0.05, 0.1) is 16.2 Å². The summed E-state index contributed by atoms with van der Waals surface area (Å²) in [7, 11) is 0. The van der Waals surface area contributed by atoms with Crippen LogP contribution >= 0.6 is 23.8 Å². The van der Waals surface area contributed by atoms with E-state index >= 15 is 0 Å². The van der Waals surface area contributed by atoms with Gasteiger partial charge in [-0.2, -0.15) is 0 Å². The average Bonchev–Trinajstić information content (AvgIpc) is 2.55. The molecule has 128 valence electrons. The van der Waals surface area contributed by atoms with Crippen molar-refractivity contribution in [3.05, 3.63) is 74.8 Å². The molecule has 8 heteroatoms. The van der Waals surface area contributed by atoms with E-state index in [9.17, 15) is 14.9 Å². The molecular weight excluding hydrogens is 362 g/mol. The Morgan fingerprint density at radius 3 is 2.64 bits per heavy atom. The van der Waals surface area contributed by atoms with Crippen molar-refractivity contribution >= 4 is 52.3 Å². The highest BCUT2D eigenvalue weighted by molar-refractivity contribution is 7.80. The molecule has 0 fully saturated rings. The standard InChI is InChI=1S/C17H14ClN3O3S/c1-11-14(7-4-8-15(11)21(23)24)19-17(25)20-16(22)10-9-12-5-2-3-6-13(12)18/h2-10H,1H3,(H2,19,20,22,25). The third-order valence-electron chi connectivity index (χ3n) is 3.31. The van der Waals surface area contributed by atoms with E-state index in [2.05, 4.69) is 10.6 Å². The Bertz CT molecular complexity index is 868. The summed E-state index contributed by atoms with van der Waals surface area (Å²) in [4.78, 5) is 22.4. The fraction of sp³-hybridized carbons (Fsp3) is 0.0588. The van der Waals surface area contributed by atoms with Gasteiger partial charge in [-0.15, -0.1) is 0 Å². The Morgan fingerprint density at radius 2 is 1.96 bits per heavy atom. The molecule has 0 aliphatic heterocycles. The zero-order valence-electron chi connectivity index (χ0n) is 13.2. The van der Waals surface area contributed by atoms with E-state index in [4.69, 9.17) is 23.8 Å². The number of nitro groups is 1. The van der Waals surface area contributed by atoms with Crippen LogP contribution in [0.2, 0.25) is 5.02 Å². The summed E-state index contributed by atoms with van der Waals surface area (Å²) in [6.45, 7) is 1.60. The van der Waals surface area contributed by atoms with Gasteiger partial charge in [0.1, 0.15) is 0 Å². The number of nitro benzene ring substituents is 1. The van der Waals surface area contributed by atoms with Crippen molar-refractivity contribution in [3.8, 4) is 0 Å². The first kappa shape index (κ1) is 18.6. The number of amides is 1. The lowest BCUT2D eigenvalue weighted by Crippen LogP contribution is -2.33. The largest absolute Gasteiger partial charge is 0.332 e. The molecule has 1 amide bonds. The van der Waals surface area contributed by atoms with Gasteiger partial charge in [-0.1, -0.05) is 35.9 Å². The van der Waals surface area contributed by atoms with Gasteiger partial charge in [0, 0.05) is 17.2 Å². The number of carbonyl (C=O) groups excluding carboxylic acids is 1. The summed E-state index contributed by atoms with van der Waals surface area (Å²) in [6.07, 6.45) is 2.87. The van der Waals surface area contributed by atoms with Crippen LogP contribution in [-0.2, 0) is 4.79 Å². The minimum absolute atomic E-state index is 0.0299. The smallest absolute Gasteiger partial charge is 0.274 e. The van der Waals surface area contributed by atoms with E-state index in [1.54, 1.807) is 43.3 Å². The first-order valence-electron chi connectivity index (χ1n) is 7.17. The van der Waals surface area contributed by atoms with Crippen LogP contribution in [0.25, 0.3) is 6.08 Å². The summed E-state index contributed by atoms with van der Waals surface area (Å²) < 4.78 is 0. The van der Waals surface area contributed by atoms with Gasteiger partial charge >= 0.3 is 0 Å². The van der Waals surface area contributed by atoms with E-state index < -0.39 is 10.8 Å². The highest BCUT2D eigenvalue weighted by Crippen LogP contribution is 2.24. The Balaban J connectivity index is 2.01. The normalized spacial score (nSPS) is 10.5. The lowest BCUT2D eigenvalue weighted by atomic mass is 10.1. The van der Waals surface area contributed by atoms with Crippen molar-refractivity contribution in [2.24, 2.45) is 0 Å². The van der Waals surface area contributed by atoms with Crippen LogP contribution in [0.4, 0.5) is 11.4 Å². The second kappa shape index (κ2) is 8.36. The number of hydrogen-bond acceptors (Lipinski definition) is 4. The number of anilines is 1. The van der Waals surface area contributed by atoms with Gasteiger partial charge in [0.2, 0.25) is 5.91 Å². The highest BCUT2D eigenvalue weighted by atomic mass is 35.5. The van der Waals surface area contributed by atoms with E-state index in [0.29, 0.717) is 21.8 Å². The molecule has 2 rings (SSSR count). The molecule has 0 atom stereocenters. The lowest BCUT2D eigenvalue weighted by Gasteiger charge is -2.10. The number of hydrogen-bond donors (Lipinski definition) is 2. The van der Waals surface area contributed by atoms with Gasteiger partial charge in [0.15, 0.2) is 5.11 Å². The maximum atomic E-state index is 11.9. The fourth-order valence-electron chi connectivity index (χ4n) is 2.04. The first-order chi connectivity index (χ1) is 11.9. The Kier molecular flexibility index (Phi) is 6.21. The summed E-state index contributed by atoms with van der Waals surface area (Å²) >= 11 is 11.1. The molecule has 0 unspecified atom stereocenters. The van der Waals surface area contributed by atoms with Gasteiger partial charge in [-0.3, -0.25) is 20.2 Å². The predicted octanol–water partition coefficient (Wildman–Crippen LogP) is 4.08. The number of benzene rings is 2. The third-order valence-corrected chi connectivity index (χ3v) is 3.85. The van der Waals surface area contributed by atoms with Gasteiger partial charge in [-0.25, -0.2) is 0 Å². The first-order valence-corrected chi connectivity index (χ1v) is 7.95. The number of rotatable bonds is 4. The van der Waals surface area contributed by atoms with Gasteiger partial charge in [-0.05, 0) is 42.9 Å². The van der Waals surface area contributed by atoms with Crippen LogP contribution in [0.1, 0.15) is 11.1 Å². The molecule has 0 aliphatic rings. The van der Waals surface area contributed by atoms with Crippen molar-refractivity contribution in [1.82, 2.24) is 5.32 Å². The molecule has 25 heavy (non-hydrogen) atoms. The highest BCUT2D eigenvalue weighted by Gasteiger charge is 2.14. The molecule has 6 nitrogen and oxygen atoms in total. The predicted molar refractivity (Wildman–Crippen MR) is 103 cm³/mol. The molecule has 0 spiro atoms. The molecule has 2 aromatic rings. The quantitative estimate of drug-likeness (QED) is 0.364. The second-order valence-corrected chi connectivity index (χ2v) is 5.82. The van der Waals surface area contributed by atoms with E-state index in [1.165, 1.54) is 18.2 Å². The van der Waals surface area contributed by atoms with E-state index in [1.807, 2.05) is 0 Å². The SMILES string of the molecule is Cc1c(NC(=S)NC(=O)C=Cc2ccccc2Cl)cccc1[N+](=O)[O-]. The van der Waals surface area contributed by atoms with Crippen molar-refractivity contribution in [1.29, 1.82) is 0 Å². The Labute approximate surface area is 154 Å². The molecule has 0 heterocycles. The lowest BCUT2D eigenvalue weighted by molar-refractivity contribution is -0.385. The number of thiocarbonyl (C=S) groups is 1. The number of halogens is 1. The van der Waals surface area contributed by atoms with E-state index in [-0.39, 0.29) is 10.8 Å². The molecule has 0 aromatic heterocycles. The zero-order valence-corrected chi connectivity index (χ0v) is 14.7. The van der Waals surface area contributed by atoms with Crippen LogP contribution < -0.4 is 10.6 Å².